The minimum absolute atomic E-state index is 0.207. The van der Waals surface area contributed by atoms with Crippen LogP contribution in [-0.2, 0) is 14.3 Å². The number of urea groups is 1. The van der Waals surface area contributed by atoms with E-state index >= 15 is 0 Å². The molecule has 0 aromatic heterocycles. The molecule has 0 spiro atoms. The van der Waals surface area contributed by atoms with E-state index in [9.17, 15) is 14.4 Å². The lowest BCUT2D eigenvalue weighted by Gasteiger charge is -2.22. The van der Waals surface area contributed by atoms with Gasteiger partial charge in [0, 0.05) is 6.54 Å². The van der Waals surface area contributed by atoms with Crippen molar-refractivity contribution >= 4 is 18.0 Å². The predicted octanol–water partition coefficient (Wildman–Crippen LogP) is -1.36. The molecule has 3 N–H and O–H groups in total. The van der Waals surface area contributed by atoms with E-state index in [-0.39, 0.29) is 13.1 Å². The van der Waals surface area contributed by atoms with Crippen molar-refractivity contribution in [3.05, 3.63) is 0 Å². The van der Waals surface area contributed by atoms with Crippen molar-refractivity contribution in [3.8, 4) is 0 Å². The maximum atomic E-state index is 11.5. The molecule has 0 unspecified atom stereocenters. The van der Waals surface area contributed by atoms with Crippen LogP contribution in [-0.4, -0.2) is 65.9 Å². The number of carboxylic acids is 1. The number of methoxy groups -OCH3 is 1. The van der Waals surface area contributed by atoms with Crippen molar-refractivity contribution in [2.75, 3.05) is 26.8 Å². The number of likely N-dealkylation sites (N-methyl/N-ethyl adjacent to an activating group) is 1. The minimum Gasteiger partial charge on any atom is -0.480 e. The second-order valence-corrected chi connectivity index (χ2v) is 3.11. The number of carbonyl (C=O) groups excluding carboxylic acids is 2. The predicted molar refractivity (Wildman–Crippen MR) is 56.3 cm³/mol. The molecule has 17 heavy (non-hydrogen) atoms. The Labute approximate surface area is 98.2 Å². The monoisotopic (exact) mass is 248 g/mol. The normalized spacial score (nSPS) is 11.5. The Bertz CT molecular complexity index is 293. The van der Waals surface area contributed by atoms with Crippen molar-refractivity contribution in [1.29, 1.82) is 0 Å². The number of esters is 1. The van der Waals surface area contributed by atoms with Gasteiger partial charge in [0.15, 0.2) is 6.04 Å². The minimum atomic E-state index is -1.39. The van der Waals surface area contributed by atoms with Crippen LogP contribution >= 0.6 is 0 Å². The van der Waals surface area contributed by atoms with E-state index in [2.05, 4.69) is 10.1 Å². The zero-order chi connectivity index (χ0) is 13.4. The Morgan fingerprint density at radius 3 is 2.35 bits per heavy atom. The highest BCUT2D eigenvalue weighted by atomic mass is 16.5. The van der Waals surface area contributed by atoms with E-state index in [1.165, 1.54) is 7.11 Å². The van der Waals surface area contributed by atoms with Gasteiger partial charge in [-0.1, -0.05) is 0 Å². The van der Waals surface area contributed by atoms with Crippen LogP contribution in [0.3, 0.4) is 0 Å². The SMILES string of the molecule is CCN(CC(=O)OC)C(=O)N[C@H](CO)C(=O)O. The third-order valence-corrected chi connectivity index (χ3v) is 1.99. The standard InChI is InChI=1S/C9H16N2O6/c1-3-11(4-7(13)17-2)9(16)10-6(5-12)8(14)15/h6,12H,3-5H2,1-2H3,(H,10,16)(H,14,15)/t6-/m1/s1. The number of nitrogens with one attached hydrogen (secondary N) is 1. The van der Waals surface area contributed by atoms with Gasteiger partial charge in [0.05, 0.1) is 13.7 Å². The topological polar surface area (TPSA) is 116 Å². The first-order valence-electron chi connectivity index (χ1n) is 4.92. The van der Waals surface area contributed by atoms with Gasteiger partial charge in [-0.2, -0.15) is 0 Å². The zero-order valence-corrected chi connectivity index (χ0v) is 9.67. The van der Waals surface area contributed by atoms with Gasteiger partial charge in [0.1, 0.15) is 6.54 Å². The number of ether oxygens (including phenoxy) is 1. The highest BCUT2D eigenvalue weighted by molar-refractivity contribution is 5.85. The highest BCUT2D eigenvalue weighted by Crippen LogP contribution is 1.93. The summed E-state index contributed by atoms with van der Waals surface area (Å²) >= 11 is 0. The highest BCUT2D eigenvalue weighted by Gasteiger charge is 2.23. The molecule has 0 aliphatic heterocycles. The van der Waals surface area contributed by atoms with Crippen LogP contribution in [0.4, 0.5) is 4.79 Å². The maximum Gasteiger partial charge on any atom is 0.328 e. The first kappa shape index (κ1) is 15.2. The summed E-state index contributed by atoms with van der Waals surface area (Å²) in [6.07, 6.45) is 0. The number of carboxylic acid groups (broad SMARTS) is 1. The Balaban J connectivity index is 4.43. The van der Waals surface area contributed by atoms with Gasteiger partial charge in [-0.15, -0.1) is 0 Å². The number of nitrogens with zero attached hydrogens (tertiary/aromatic N) is 1. The molecule has 98 valence electrons. The van der Waals surface area contributed by atoms with Crippen molar-refractivity contribution in [1.82, 2.24) is 10.2 Å². The van der Waals surface area contributed by atoms with Crippen molar-refractivity contribution in [3.63, 3.8) is 0 Å². The molecule has 0 saturated carbocycles. The second kappa shape index (κ2) is 7.44. The summed E-state index contributed by atoms with van der Waals surface area (Å²) < 4.78 is 4.39. The third-order valence-electron chi connectivity index (χ3n) is 1.99. The third kappa shape index (κ3) is 5.16. The number of aliphatic hydroxyl groups excluding tert-OH is 1. The fraction of sp³-hybridized carbons (Fsp3) is 0.667. The Kier molecular flexibility index (Phi) is 6.64. The molecular weight excluding hydrogens is 232 g/mol. The van der Waals surface area contributed by atoms with Gasteiger partial charge in [-0.25, -0.2) is 9.59 Å². The van der Waals surface area contributed by atoms with Gasteiger partial charge in [-0.05, 0) is 6.92 Å². The fourth-order valence-corrected chi connectivity index (χ4v) is 0.973. The molecule has 0 aliphatic rings. The summed E-state index contributed by atoms with van der Waals surface area (Å²) in [5, 5.41) is 19.4. The van der Waals surface area contributed by atoms with E-state index in [1.807, 2.05) is 0 Å². The van der Waals surface area contributed by atoms with Gasteiger partial charge < -0.3 is 25.2 Å². The number of hydrogen-bond acceptors (Lipinski definition) is 5. The molecule has 0 aromatic carbocycles. The number of amides is 2. The number of hydrogen-bond donors (Lipinski definition) is 3. The molecule has 0 aliphatic carbocycles. The quantitative estimate of drug-likeness (QED) is 0.500. The molecule has 0 heterocycles. The van der Waals surface area contributed by atoms with Crippen LogP contribution in [0, 0.1) is 0 Å². The Morgan fingerprint density at radius 2 is 2.00 bits per heavy atom. The van der Waals surface area contributed by atoms with Gasteiger partial charge in [0.25, 0.3) is 0 Å². The Hall–Kier alpha value is -1.83. The van der Waals surface area contributed by atoms with E-state index < -0.39 is 30.6 Å². The van der Waals surface area contributed by atoms with Gasteiger partial charge in [-0.3, -0.25) is 4.79 Å². The number of aliphatic hydroxyl groups is 1. The maximum absolute atomic E-state index is 11.5. The van der Waals surface area contributed by atoms with Gasteiger partial charge in [0.2, 0.25) is 0 Å². The average Bonchev–Trinajstić information content (AvgIpc) is 2.31. The number of rotatable bonds is 6. The lowest BCUT2D eigenvalue weighted by Crippen LogP contribution is -2.50. The number of aliphatic carboxylic acids is 1. The van der Waals surface area contributed by atoms with Crippen molar-refractivity contribution < 1.29 is 29.3 Å². The fourth-order valence-electron chi connectivity index (χ4n) is 0.973. The van der Waals surface area contributed by atoms with Gasteiger partial charge >= 0.3 is 18.0 Å². The molecular formula is C9H16N2O6. The molecule has 0 rings (SSSR count). The van der Waals surface area contributed by atoms with Crippen LogP contribution in [0.1, 0.15) is 6.92 Å². The van der Waals surface area contributed by atoms with Crippen molar-refractivity contribution in [2.24, 2.45) is 0 Å². The Morgan fingerprint density at radius 1 is 1.41 bits per heavy atom. The van der Waals surface area contributed by atoms with Crippen LogP contribution in [0.15, 0.2) is 0 Å². The molecule has 0 bridgehead atoms. The van der Waals surface area contributed by atoms with Crippen LogP contribution < -0.4 is 5.32 Å². The molecule has 8 heteroatoms. The summed E-state index contributed by atoms with van der Waals surface area (Å²) in [4.78, 5) is 34.1. The summed E-state index contributed by atoms with van der Waals surface area (Å²) in [5.74, 6) is -1.96. The van der Waals surface area contributed by atoms with E-state index in [4.69, 9.17) is 10.2 Å². The molecule has 0 radical (unpaired) electrons. The molecule has 0 aromatic rings. The van der Waals surface area contributed by atoms with E-state index in [0.29, 0.717) is 0 Å². The van der Waals surface area contributed by atoms with Crippen LogP contribution in [0.25, 0.3) is 0 Å². The first-order chi connectivity index (χ1) is 7.96. The first-order valence-corrected chi connectivity index (χ1v) is 4.92. The lowest BCUT2D eigenvalue weighted by atomic mass is 10.3. The van der Waals surface area contributed by atoms with Crippen LogP contribution in [0.5, 0.6) is 0 Å². The smallest absolute Gasteiger partial charge is 0.328 e. The van der Waals surface area contributed by atoms with Crippen LogP contribution in [0.2, 0.25) is 0 Å². The molecule has 0 fully saturated rings. The summed E-state index contributed by atoms with van der Waals surface area (Å²) in [7, 11) is 1.18. The summed E-state index contributed by atoms with van der Waals surface area (Å²) in [6.45, 7) is 0.823. The second-order valence-electron chi connectivity index (χ2n) is 3.11. The largest absolute Gasteiger partial charge is 0.480 e. The number of carbonyl (C=O) groups is 3. The van der Waals surface area contributed by atoms with E-state index in [0.717, 1.165) is 4.90 Å². The van der Waals surface area contributed by atoms with Crippen molar-refractivity contribution in [2.45, 2.75) is 13.0 Å². The summed E-state index contributed by atoms with van der Waals surface area (Å²) in [6, 6.07) is -2.14. The molecule has 8 nitrogen and oxygen atoms in total. The van der Waals surface area contributed by atoms with E-state index in [1.54, 1.807) is 6.92 Å². The average molecular weight is 248 g/mol. The molecule has 2 amide bonds. The molecule has 0 saturated heterocycles. The molecule has 1 atom stereocenters. The zero-order valence-electron chi connectivity index (χ0n) is 9.67. The summed E-state index contributed by atoms with van der Waals surface area (Å²) in [5.41, 5.74) is 0. The lowest BCUT2D eigenvalue weighted by molar-refractivity contribution is -0.141.